The molecule has 0 amide bonds. The first-order chi connectivity index (χ1) is 22.2. The third-order valence-electron chi connectivity index (χ3n) is 10.4. The van der Waals surface area contributed by atoms with Crippen molar-refractivity contribution in [2.75, 3.05) is 18.0 Å². The number of rotatable bonds is 7. The molecule has 4 atom stereocenters. The molecule has 2 heterocycles. The predicted octanol–water partition coefficient (Wildman–Crippen LogP) is 8.63. The molecule has 1 aromatic heterocycles. The lowest BCUT2D eigenvalue weighted by atomic mass is 9.61. The van der Waals surface area contributed by atoms with E-state index < -0.39 is 11.7 Å². The van der Waals surface area contributed by atoms with Crippen LogP contribution < -0.4 is 9.64 Å². The zero-order chi connectivity index (χ0) is 31.8. The number of Topliss-reactive ketones (excluding diaryl/α,β-unsaturated/α-hetero) is 1. The monoisotopic (exact) mass is 627 g/mol. The highest BCUT2D eigenvalue weighted by atomic mass is 19.4. The number of alkyl halides is 3. The van der Waals surface area contributed by atoms with E-state index in [0.717, 1.165) is 69.2 Å². The molecule has 238 valence electrons. The number of piperidine rings is 1. The van der Waals surface area contributed by atoms with Gasteiger partial charge >= 0.3 is 6.18 Å². The second kappa shape index (κ2) is 12.5. The highest BCUT2D eigenvalue weighted by molar-refractivity contribution is 5.96. The van der Waals surface area contributed by atoms with Crippen molar-refractivity contribution in [1.29, 1.82) is 5.26 Å². The van der Waals surface area contributed by atoms with Crippen LogP contribution in [0.5, 0.6) is 5.75 Å². The third kappa shape index (κ3) is 6.35. The van der Waals surface area contributed by atoms with E-state index in [1.54, 1.807) is 6.07 Å². The molecule has 3 aromatic carbocycles. The molecule has 46 heavy (non-hydrogen) atoms. The van der Waals surface area contributed by atoms with Crippen molar-refractivity contribution < 1.29 is 27.1 Å². The molecular weight excluding hydrogens is 591 g/mol. The van der Waals surface area contributed by atoms with Crippen LogP contribution >= 0.6 is 0 Å². The highest BCUT2D eigenvalue weighted by Gasteiger charge is 2.42. The van der Waals surface area contributed by atoms with Crippen LogP contribution in [0.4, 0.5) is 18.9 Å². The minimum atomic E-state index is -4.34. The van der Waals surface area contributed by atoms with Gasteiger partial charge in [0.1, 0.15) is 17.4 Å². The van der Waals surface area contributed by atoms with Crippen molar-refractivity contribution in [3.05, 3.63) is 89.3 Å². The van der Waals surface area contributed by atoms with Gasteiger partial charge in [-0.3, -0.25) is 4.79 Å². The number of hydrogen-bond acceptors (Lipinski definition) is 6. The quantitative estimate of drug-likeness (QED) is 0.191. The first kappa shape index (κ1) is 30.3. The van der Waals surface area contributed by atoms with Crippen molar-refractivity contribution in [2.24, 2.45) is 23.7 Å². The summed E-state index contributed by atoms with van der Waals surface area (Å²) in [7, 11) is 0. The Labute approximate surface area is 266 Å². The van der Waals surface area contributed by atoms with E-state index in [-0.39, 0.29) is 23.7 Å². The van der Waals surface area contributed by atoms with E-state index in [1.165, 1.54) is 17.7 Å². The summed E-state index contributed by atoms with van der Waals surface area (Å²) in [5.74, 6) is 2.35. The fraction of sp³-hybridized carbons (Fsp3) is 0.432. The Bertz CT molecular complexity index is 1730. The van der Waals surface area contributed by atoms with Gasteiger partial charge in [0.05, 0.1) is 17.2 Å². The van der Waals surface area contributed by atoms with Crippen LogP contribution in [-0.2, 0) is 12.6 Å². The maximum Gasteiger partial charge on any atom is 0.416 e. The fourth-order valence-electron chi connectivity index (χ4n) is 7.87. The maximum absolute atomic E-state index is 13.6. The maximum atomic E-state index is 13.6. The van der Waals surface area contributed by atoms with Crippen molar-refractivity contribution in [2.45, 2.75) is 63.6 Å². The number of hydrogen-bond donors (Lipinski definition) is 0. The number of carbonyl (C=O) groups is 1. The molecule has 0 spiro atoms. The normalized spacial score (nSPS) is 23.7. The fourth-order valence-corrected chi connectivity index (χ4v) is 7.87. The predicted molar refractivity (Wildman–Crippen MR) is 168 cm³/mol. The Kier molecular flexibility index (Phi) is 8.22. The number of nitrogens with zero attached hydrogens (tertiary/aromatic N) is 3. The molecule has 2 aliphatic carbocycles. The summed E-state index contributed by atoms with van der Waals surface area (Å²) in [6.07, 6.45) is 3.21. The van der Waals surface area contributed by atoms with E-state index in [1.807, 2.05) is 24.3 Å². The number of carbonyl (C=O) groups excluding carboxylic acids is 1. The topological polar surface area (TPSA) is 79.4 Å². The zero-order valence-electron chi connectivity index (χ0n) is 25.5. The molecule has 3 unspecified atom stereocenters. The molecule has 3 aliphatic rings. The smallest absolute Gasteiger partial charge is 0.416 e. The van der Waals surface area contributed by atoms with Gasteiger partial charge in [-0.1, -0.05) is 12.1 Å². The molecule has 1 aliphatic heterocycles. The summed E-state index contributed by atoms with van der Waals surface area (Å²) in [4.78, 5) is 20.3. The van der Waals surface area contributed by atoms with Crippen molar-refractivity contribution in [1.82, 2.24) is 4.98 Å². The Balaban J connectivity index is 0.935. The lowest BCUT2D eigenvalue weighted by molar-refractivity contribution is -0.137. The molecule has 2 bridgehead atoms. The van der Waals surface area contributed by atoms with Crippen LogP contribution in [-0.4, -0.2) is 30.0 Å². The number of oxazole rings is 1. The van der Waals surface area contributed by atoms with Crippen LogP contribution in [0.25, 0.3) is 11.1 Å². The molecule has 1 saturated heterocycles. The molecule has 9 heteroatoms. The standard InChI is InChI=1S/C37H36F3N3O3/c38-37(39,40)28-8-10-29(11-9-28)43-17-15-30(16-18-43)45-31-12-14-33-34(21-31)46-36(42-33)35(44)32-13-7-26-20-27(32)6-5-25(26)19-23-1-3-24(22-41)4-2-23/h1-4,8-12,14,21,25-27,30,32H,5-7,13,15-20H2/t25?,26?,27?,32-/m0/s1. The summed E-state index contributed by atoms with van der Waals surface area (Å²) in [6.45, 7) is 1.36. The van der Waals surface area contributed by atoms with Gasteiger partial charge < -0.3 is 14.1 Å². The summed E-state index contributed by atoms with van der Waals surface area (Å²) in [6, 6.07) is 20.9. The molecule has 2 saturated carbocycles. The number of anilines is 1. The number of fused-ring (bicyclic) bond motifs is 3. The number of ketones is 1. The van der Waals surface area contributed by atoms with Crippen molar-refractivity contribution in [3.63, 3.8) is 0 Å². The second-order valence-electron chi connectivity index (χ2n) is 13.2. The lowest BCUT2D eigenvalue weighted by Gasteiger charge is -2.43. The van der Waals surface area contributed by atoms with E-state index in [9.17, 15) is 18.0 Å². The van der Waals surface area contributed by atoms with E-state index >= 15 is 0 Å². The number of nitriles is 1. The number of halogens is 3. The Morgan fingerprint density at radius 3 is 2.39 bits per heavy atom. The Morgan fingerprint density at radius 1 is 0.935 bits per heavy atom. The number of ether oxygens (including phenoxy) is 1. The lowest BCUT2D eigenvalue weighted by Crippen LogP contribution is -2.38. The third-order valence-corrected chi connectivity index (χ3v) is 10.4. The molecule has 3 fully saturated rings. The number of benzene rings is 3. The molecule has 6 nitrogen and oxygen atoms in total. The summed E-state index contributed by atoms with van der Waals surface area (Å²) in [5.41, 5.74) is 3.26. The van der Waals surface area contributed by atoms with E-state index in [4.69, 9.17) is 14.4 Å². The van der Waals surface area contributed by atoms with Crippen LogP contribution in [0.15, 0.2) is 71.1 Å². The molecular formula is C37H36F3N3O3. The molecule has 0 radical (unpaired) electrons. The largest absolute Gasteiger partial charge is 0.490 e. The highest BCUT2D eigenvalue weighted by Crippen LogP contribution is 2.48. The van der Waals surface area contributed by atoms with E-state index in [0.29, 0.717) is 53.3 Å². The first-order valence-electron chi connectivity index (χ1n) is 16.3. The number of aromatic nitrogens is 1. The van der Waals surface area contributed by atoms with Crippen molar-refractivity contribution in [3.8, 4) is 11.8 Å². The van der Waals surface area contributed by atoms with Crippen LogP contribution in [0, 0.1) is 35.0 Å². The Hall–Kier alpha value is -4.32. The van der Waals surface area contributed by atoms with Gasteiger partial charge in [0.15, 0.2) is 5.58 Å². The molecule has 4 aromatic rings. The average molecular weight is 628 g/mol. The van der Waals surface area contributed by atoms with Crippen LogP contribution in [0.2, 0.25) is 0 Å². The minimum Gasteiger partial charge on any atom is -0.490 e. The first-order valence-corrected chi connectivity index (χ1v) is 16.3. The van der Waals surface area contributed by atoms with Gasteiger partial charge in [-0.05, 0) is 110 Å². The minimum absolute atomic E-state index is 0.00305. The second-order valence-corrected chi connectivity index (χ2v) is 13.2. The Morgan fingerprint density at radius 2 is 1.67 bits per heavy atom. The molecule has 0 N–H and O–H groups in total. The van der Waals surface area contributed by atoms with Gasteiger partial charge in [-0.15, -0.1) is 0 Å². The average Bonchev–Trinajstić information content (AvgIpc) is 3.50. The van der Waals surface area contributed by atoms with Gasteiger partial charge in [-0.2, -0.15) is 18.4 Å². The summed E-state index contributed by atoms with van der Waals surface area (Å²) < 4.78 is 51.0. The zero-order valence-corrected chi connectivity index (χ0v) is 25.5. The van der Waals surface area contributed by atoms with E-state index in [2.05, 4.69) is 28.1 Å². The SMILES string of the molecule is N#Cc1ccc(CC2CCC3CC2CC[C@@H]3C(=O)c2nc3ccc(OC4CCN(c5ccc(C(F)(F)F)cc5)CC4)cc3o2)cc1. The van der Waals surface area contributed by atoms with Crippen LogP contribution in [0.1, 0.15) is 72.3 Å². The van der Waals surface area contributed by atoms with Gasteiger partial charge in [-0.25, -0.2) is 4.98 Å². The molecule has 7 rings (SSSR count). The van der Waals surface area contributed by atoms with Gasteiger partial charge in [0.2, 0.25) is 5.78 Å². The summed E-state index contributed by atoms with van der Waals surface area (Å²) >= 11 is 0. The van der Waals surface area contributed by atoms with Gasteiger partial charge in [0, 0.05) is 43.6 Å². The van der Waals surface area contributed by atoms with Crippen molar-refractivity contribution >= 4 is 22.6 Å². The van der Waals surface area contributed by atoms with Crippen LogP contribution in [0.3, 0.4) is 0 Å². The summed E-state index contributed by atoms with van der Waals surface area (Å²) in [5, 5.41) is 9.07. The van der Waals surface area contributed by atoms with Gasteiger partial charge in [0.25, 0.3) is 5.89 Å².